The lowest BCUT2D eigenvalue weighted by Crippen LogP contribution is -2.36. The Morgan fingerprint density at radius 1 is 0.970 bits per heavy atom. The van der Waals surface area contributed by atoms with Gasteiger partial charge in [0.1, 0.15) is 18.1 Å². The number of nitrogens with zero attached hydrogens (tertiary/aromatic N) is 1. The molecule has 0 atom stereocenters. The van der Waals surface area contributed by atoms with Crippen LogP contribution in [0.3, 0.4) is 0 Å². The molecule has 2 N–H and O–H groups in total. The Hall–Kier alpha value is -4.01. The van der Waals surface area contributed by atoms with Crippen molar-refractivity contribution in [2.75, 3.05) is 20.8 Å². The molecule has 2 amide bonds. The summed E-state index contributed by atoms with van der Waals surface area (Å²) in [7, 11) is 3.09. The van der Waals surface area contributed by atoms with Crippen molar-refractivity contribution in [3.05, 3.63) is 70.6 Å². The maximum atomic E-state index is 12.5. The van der Waals surface area contributed by atoms with E-state index in [1.54, 1.807) is 25.3 Å². The second-order valence-corrected chi connectivity index (χ2v) is 7.26. The molecule has 0 radical (unpaired) electrons. The van der Waals surface area contributed by atoms with Gasteiger partial charge in [-0.25, -0.2) is 0 Å². The number of rotatable bonds is 10. The van der Waals surface area contributed by atoms with Crippen molar-refractivity contribution < 1.29 is 28.3 Å². The van der Waals surface area contributed by atoms with E-state index in [9.17, 15) is 9.59 Å². The summed E-state index contributed by atoms with van der Waals surface area (Å²) in [6.07, 6.45) is 0. The summed E-state index contributed by atoms with van der Waals surface area (Å²) in [5.74, 6) is 1.61. The van der Waals surface area contributed by atoms with Gasteiger partial charge in [0.15, 0.2) is 11.5 Å². The normalized spacial score (nSPS) is 10.4. The van der Waals surface area contributed by atoms with Gasteiger partial charge in [-0.3, -0.25) is 9.59 Å². The number of nitrogens with one attached hydrogen (secondary N) is 2. The van der Waals surface area contributed by atoms with E-state index < -0.39 is 5.91 Å². The summed E-state index contributed by atoms with van der Waals surface area (Å²) >= 11 is 0. The zero-order chi connectivity index (χ0) is 23.8. The Morgan fingerprint density at radius 2 is 1.73 bits per heavy atom. The topological polar surface area (TPSA) is 112 Å². The molecule has 0 aliphatic carbocycles. The monoisotopic (exact) mass is 453 g/mol. The van der Waals surface area contributed by atoms with Crippen molar-refractivity contribution in [3.8, 4) is 17.2 Å². The zero-order valence-electron chi connectivity index (χ0n) is 19.1. The van der Waals surface area contributed by atoms with Crippen molar-refractivity contribution in [1.29, 1.82) is 0 Å². The lowest BCUT2D eigenvalue weighted by Gasteiger charge is -2.12. The molecule has 9 nitrogen and oxygen atoms in total. The van der Waals surface area contributed by atoms with E-state index in [0.717, 1.165) is 22.6 Å². The molecule has 2 aromatic carbocycles. The van der Waals surface area contributed by atoms with Crippen LogP contribution >= 0.6 is 0 Å². The van der Waals surface area contributed by atoms with Gasteiger partial charge in [0.05, 0.1) is 32.0 Å². The van der Waals surface area contributed by atoms with Crippen LogP contribution in [0.5, 0.6) is 17.2 Å². The minimum atomic E-state index is -0.398. The number of methoxy groups -OCH3 is 2. The van der Waals surface area contributed by atoms with Crippen molar-refractivity contribution in [2.45, 2.75) is 27.0 Å². The molecule has 0 aliphatic heterocycles. The second kappa shape index (κ2) is 11.0. The van der Waals surface area contributed by atoms with E-state index in [1.807, 2.05) is 38.1 Å². The Kier molecular flexibility index (Phi) is 7.91. The average Bonchev–Trinajstić information content (AvgIpc) is 3.16. The summed E-state index contributed by atoms with van der Waals surface area (Å²) in [5.41, 5.74) is 2.89. The first-order valence-electron chi connectivity index (χ1n) is 10.3. The number of benzene rings is 2. The third-order valence-corrected chi connectivity index (χ3v) is 5.04. The van der Waals surface area contributed by atoms with Gasteiger partial charge >= 0.3 is 0 Å². The van der Waals surface area contributed by atoms with Crippen LogP contribution in [0.2, 0.25) is 0 Å². The number of carbonyl (C=O) groups excluding carboxylic acids is 2. The fraction of sp³-hybridized carbons (Fsp3) is 0.292. The van der Waals surface area contributed by atoms with E-state index in [1.165, 1.54) is 7.11 Å². The van der Waals surface area contributed by atoms with E-state index >= 15 is 0 Å². The van der Waals surface area contributed by atoms with Gasteiger partial charge in [0.25, 0.3) is 5.91 Å². The number of amides is 2. The van der Waals surface area contributed by atoms with E-state index in [2.05, 4.69) is 15.8 Å². The van der Waals surface area contributed by atoms with Crippen LogP contribution in [-0.2, 0) is 17.9 Å². The third-order valence-electron chi connectivity index (χ3n) is 5.04. The van der Waals surface area contributed by atoms with Crippen molar-refractivity contribution in [1.82, 2.24) is 15.8 Å². The predicted octanol–water partition coefficient (Wildman–Crippen LogP) is 2.93. The molecule has 1 heterocycles. The minimum absolute atomic E-state index is 0.151. The molecule has 0 aliphatic rings. The molecule has 0 saturated heterocycles. The Bertz CT molecular complexity index is 1090. The summed E-state index contributed by atoms with van der Waals surface area (Å²) in [6.45, 7) is 4.12. The zero-order valence-corrected chi connectivity index (χ0v) is 19.1. The highest BCUT2D eigenvalue weighted by molar-refractivity contribution is 5.97. The molecular formula is C24H27N3O6. The van der Waals surface area contributed by atoms with Crippen LogP contribution in [0.4, 0.5) is 0 Å². The largest absolute Gasteiger partial charge is 0.497 e. The second-order valence-electron chi connectivity index (χ2n) is 7.26. The van der Waals surface area contributed by atoms with Crippen molar-refractivity contribution >= 4 is 11.8 Å². The number of ether oxygens (including phenoxy) is 3. The number of aryl methyl sites for hydroxylation is 2. The quantitative estimate of drug-likeness (QED) is 0.485. The van der Waals surface area contributed by atoms with Gasteiger partial charge < -0.3 is 29.4 Å². The summed E-state index contributed by atoms with van der Waals surface area (Å²) in [4.78, 5) is 24.6. The molecule has 0 spiro atoms. The molecule has 0 saturated carbocycles. The Morgan fingerprint density at radius 3 is 2.36 bits per heavy atom. The van der Waals surface area contributed by atoms with Gasteiger partial charge in [-0.2, -0.15) is 0 Å². The van der Waals surface area contributed by atoms with Crippen LogP contribution in [0.15, 0.2) is 47.0 Å². The number of aromatic nitrogens is 1. The number of carbonyl (C=O) groups is 2. The summed E-state index contributed by atoms with van der Waals surface area (Å²) in [6, 6.07) is 12.2. The van der Waals surface area contributed by atoms with Gasteiger partial charge in [-0.05, 0) is 49.7 Å². The van der Waals surface area contributed by atoms with Crippen molar-refractivity contribution in [3.63, 3.8) is 0 Å². The smallest absolute Gasteiger partial charge is 0.251 e. The minimum Gasteiger partial charge on any atom is -0.497 e. The molecule has 0 bridgehead atoms. The van der Waals surface area contributed by atoms with Crippen LogP contribution in [-0.4, -0.2) is 37.7 Å². The summed E-state index contributed by atoms with van der Waals surface area (Å²) in [5, 5.41) is 9.27. The van der Waals surface area contributed by atoms with Gasteiger partial charge in [-0.1, -0.05) is 17.3 Å². The van der Waals surface area contributed by atoms with Gasteiger partial charge in [-0.15, -0.1) is 0 Å². The number of hydrogen-bond acceptors (Lipinski definition) is 7. The molecule has 3 rings (SSSR count). The molecule has 1 aromatic heterocycles. The van der Waals surface area contributed by atoms with E-state index in [4.69, 9.17) is 18.7 Å². The lowest BCUT2D eigenvalue weighted by atomic mass is 10.2. The SMILES string of the molecule is COc1ccc(CNC(=O)CNC(=O)c2ccc(OCc3c(C)noc3C)c(OC)c2)cc1. The van der Waals surface area contributed by atoms with Crippen LogP contribution in [0, 0.1) is 13.8 Å². The molecule has 0 fully saturated rings. The molecule has 33 heavy (non-hydrogen) atoms. The van der Waals surface area contributed by atoms with E-state index in [-0.39, 0.29) is 19.1 Å². The molecule has 174 valence electrons. The highest BCUT2D eigenvalue weighted by atomic mass is 16.5. The maximum Gasteiger partial charge on any atom is 0.251 e. The Balaban J connectivity index is 1.52. The van der Waals surface area contributed by atoms with Gasteiger partial charge in [0, 0.05) is 12.1 Å². The van der Waals surface area contributed by atoms with E-state index in [0.29, 0.717) is 29.4 Å². The fourth-order valence-corrected chi connectivity index (χ4v) is 3.06. The maximum absolute atomic E-state index is 12.5. The van der Waals surface area contributed by atoms with Crippen molar-refractivity contribution in [2.24, 2.45) is 0 Å². The third kappa shape index (κ3) is 6.25. The highest BCUT2D eigenvalue weighted by Gasteiger charge is 2.15. The first-order valence-corrected chi connectivity index (χ1v) is 10.3. The molecule has 9 heteroatoms. The lowest BCUT2D eigenvalue weighted by molar-refractivity contribution is -0.120. The van der Waals surface area contributed by atoms with Gasteiger partial charge in [0.2, 0.25) is 5.91 Å². The van der Waals surface area contributed by atoms with Crippen LogP contribution in [0.25, 0.3) is 0 Å². The summed E-state index contributed by atoms with van der Waals surface area (Å²) < 4.78 is 21.4. The number of hydrogen-bond donors (Lipinski definition) is 2. The predicted molar refractivity (Wildman–Crippen MR) is 120 cm³/mol. The standard InChI is InChI=1S/C24H27N3O6/c1-15-20(16(2)33-27-15)14-32-21-10-7-18(11-22(21)31-4)24(29)26-13-23(28)25-12-17-5-8-19(30-3)9-6-17/h5-11H,12-14H2,1-4H3,(H,25,28)(H,26,29). The Labute approximate surface area is 192 Å². The molecule has 0 unspecified atom stereocenters. The fourth-order valence-electron chi connectivity index (χ4n) is 3.06. The first kappa shape index (κ1) is 23.6. The molecular weight excluding hydrogens is 426 g/mol. The molecule has 3 aromatic rings. The first-order chi connectivity index (χ1) is 15.9. The van der Waals surface area contributed by atoms with Crippen LogP contribution < -0.4 is 24.8 Å². The highest BCUT2D eigenvalue weighted by Crippen LogP contribution is 2.29. The average molecular weight is 453 g/mol. The van der Waals surface area contributed by atoms with Crippen LogP contribution in [0.1, 0.15) is 32.9 Å².